The van der Waals surface area contributed by atoms with Crippen LogP contribution in [0.3, 0.4) is 0 Å². The van der Waals surface area contributed by atoms with Crippen molar-refractivity contribution >= 4 is 17.9 Å². The SMILES string of the molecule is PP.[CH2-]CC1=[C-]CCC1C.[CH3-].[Y+3]. The van der Waals surface area contributed by atoms with E-state index in [2.05, 4.69) is 37.8 Å². The van der Waals surface area contributed by atoms with Gasteiger partial charge in [0.05, 0.1) is 0 Å². The van der Waals surface area contributed by atoms with Gasteiger partial charge < -0.3 is 20.4 Å². The van der Waals surface area contributed by atoms with E-state index in [1.807, 2.05) is 0 Å². The molecule has 0 aliphatic heterocycles. The number of rotatable bonds is 1. The van der Waals surface area contributed by atoms with Crippen LogP contribution in [0.1, 0.15) is 26.2 Å². The van der Waals surface area contributed by atoms with Crippen LogP contribution in [-0.4, -0.2) is 0 Å². The van der Waals surface area contributed by atoms with Crippen molar-refractivity contribution in [2.45, 2.75) is 26.2 Å². The van der Waals surface area contributed by atoms with Gasteiger partial charge >= 0.3 is 32.7 Å². The maximum atomic E-state index is 3.82. The first kappa shape index (κ1) is 19.3. The third-order valence-corrected chi connectivity index (χ3v) is 1.79. The summed E-state index contributed by atoms with van der Waals surface area (Å²) in [5, 5.41) is 0. The van der Waals surface area contributed by atoms with Gasteiger partial charge in [-0.05, 0) is 0 Å². The van der Waals surface area contributed by atoms with Gasteiger partial charge in [0.15, 0.2) is 0 Å². The molecule has 0 nitrogen and oxygen atoms in total. The molecule has 0 radical (unpaired) electrons. The van der Waals surface area contributed by atoms with Gasteiger partial charge in [-0.1, -0.05) is 19.3 Å². The van der Waals surface area contributed by atoms with E-state index in [0.29, 0.717) is 0 Å². The first-order valence-electron chi connectivity index (χ1n) is 3.56. The molecular formula is C9H19P2Y. The van der Waals surface area contributed by atoms with Gasteiger partial charge in [-0.15, -0.1) is 17.9 Å². The van der Waals surface area contributed by atoms with E-state index in [1.165, 1.54) is 12.0 Å². The third-order valence-electron chi connectivity index (χ3n) is 1.79. The summed E-state index contributed by atoms with van der Waals surface area (Å²) < 4.78 is 0. The van der Waals surface area contributed by atoms with Crippen LogP contribution >= 0.6 is 17.9 Å². The molecule has 1 rings (SSSR count). The van der Waals surface area contributed by atoms with E-state index in [4.69, 9.17) is 0 Å². The molecule has 3 atom stereocenters. The molecule has 0 aromatic rings. The van der Waals surface area contributed by atoms with Crippen LogP contribution in [0.15, 0.2) is 5.57 Å². The van der Waals surface area contributed by atoms with Gasteiger partial charge in [-0.2, -0.15) is 12.8 Å². The van der Waals surface area contributed by atoms with E-state index < -0.39 is 0 Å². The summed E-state index contributed by atoms with van der Waals surface area (Å²) in [6.07, 6.45) is 6.72. The van der Waals surface area contributed by atoms with Crippen molar-refractivity contribution in [2.24, 2.45) is 5.92 Å². The molecule has 3 unspecified atom stereocenters. The predicted molar refractivity (Wildman–Crippen MR) is 61.0 cm³/mol. The van der Waals surface area contributed by atoms with Crippen molar-refractivity contribution in [2.75, 3.05) is 0 Å². The van der Waals surface area contributed by atoms with Gasteiger partial charge in [0.25, 0.3) is 0 Å². The minimum Gasteiger partial charge on any atom is -0.499 e. The zero-order valence-electron chi connectivity index (χ0n) is 8.14. The zero-order valence-corrected chi connectivity index (χ0v) is 13.3. The molecular weight excluding hydrogens is 259 g/mol. The quantitative estimate of drug-likeness (QED) is 0.509. The summed E-state index contributed by atoms with van der Waals surface area (Å²) >= 11 is 0. The number of hydrogen-bond donors (Lipinski definition) is 0. The van der Waals surface area contributed by atoms with Crippen LogP contribution in [-0.2, 0) is 32.7 Å². The largest absolute Gasteiger partial charge is 3.00 e. The maximum absolute atomic E-state index is 3.82. The van der Waals surface area contributed by atoms with Crippen LogP contribution in [0, 0.1) is 26.3 Å². The molecule has 3 heteroatoms. The summed E-state index contributed by atoms with van der Waals surface area (Å²) in [5.41, 5.74) is 1.44. The molecule has 0 amide bonds. The average Bonchev–Trinajstić information content (AvgIpc) is 2.39. The third kappa shape index (κ3) is 7.14. The fraction of sp³-hybridized carbons (Fsp3) is 0.556. The second kappa shape index (κ2) is 12.7. The van der Waals surface area contributed by atoms with Crippen LogP contribution in [0.4, 0.5) is 0 Å². The fourth-order valence-corrected chi connectivity index (χ4v) is 1.13. The molecule has 0 heterocycles. The Hall–Kier alpha value is 1.70. The van der Waals surface area contributed by atoms with Crippen molar-refractivity contribution in [1.29, 1.82) is 0 Å². The van der Waals surface area contributed by atoms with Gasteiger partial charge in [-0.25, -0.2) is 0 Å². The molecule has 0 bridgehead atoms. The summed E-state index contributed by atoms with van der Waals surface area (Å²) in [5.74, 6) is 0.771. The molecule has 1 aliphatic carbocycles. The average molecular weight is 278 g/mol. The van der Waals surface area contributed by atoms with Crippen molar-refractivity contribution < 1.29 is 32.7 Å². The predicted octanol–water partition coefficient (Wildman–Crippen LogP) is 3.47. The molecule has 68 valence electrons. The standard InChI is InChI=1S/C8H12.CH3.H4P2.Y/c1-3-8-6-4-5-7(8)2;;1-2;/h7H,1,3-5H2,2H3;1H3;1-2H2;/q-2;-1;;+3. The Labute approximate surface area is 108 Å². The van der Waals surface area contributed by atoms with Crippen LogP contribution in [0.2, 0.25) is 0 Å². The molecule has 0 aromatic carbocycles. The Morgan fingerprint density at radius 3 is 2.25 bits per heavy atom. The zero-order chi connectivity index (χ0) is 7.98. The molecule has 12 heavy (non-hydrogen) atoms. The molecule has 0 fully saturated rings. The van der Waals surface area contributed by atoms with Gasteiger partial charge in [0.2, 0.25) is 0 Å². The van der Waals surface area contributed by atoms with Crippen molar-refractivity contribution in [1.82, 2.24) is 0 Å². The minimum absolute atomic E-state index is 0. The molecule has 0 saturated heterocycles. The van der Waals surface area contributed by atoms with Gasteiger partial charge in [0, 0.05) is 0 Å². The Bertz CT molecular complexity index is 113. The number of allylic oxidation sites excluding steroid dienone is 2. The normalized spacial score (nSPS) is 19.3. The van der Waals surface area contributed by atoms with E-state index in [1.54, 1.807) is 0 Å². The summed E-state index contributed by atoms with van der Waals surface area (Å²) in [6, 6.07) is 0. The van der Waals surface area contributed by atoms with Crippen LogP contribution in [0.5, 0.6) is 0 Å². The summed E-state index contributed by atoms with van der Waals surface area (Å²) in [6.45, 7) is 6.07. The van der Waals surface area contributed by atoms with Crippen molar-refractivity contribution in [3.8, 4) is 0 Å². The Morgan fingerprint density at radius 1 is 1.58 bits per heavy atom. The molecule has 1 aliphatic rings. The van der Waals surface area contributed by atoms with E-state index >= 15 is 0 Å². The first-order chi connectivity index (χ1) is 4.84. The summed E-state index contributed by atoms with van der Waals surface area (Å²) in [4.78, 5) is 0. The topological polar surface area (TPSA) is 0 Å². The molecule has 0 N–H and O–H groups in total. The van der Waals surface area contributed by atoms with E-state index in [9.17, 15) is 0 Å². The second-order valence-electron chi connectivity index (χ2n) is 2.39. The smallest absolute Gasteiger partial charge is 0.499 e. The van der Waals surface area contributed by atoms with Gasteiger partial charge in [-0.3, -0.25) is 5.57 Å². The minimum atomic E-state index is 0. The Balaban J connectivity index is -0.000000189. The van der Waals surface area contributed by atoms with Gasteiger partial charge in [0.1, 0.15) is 0 Å². The Morgan fingerprint density at radius 2 is 2.08 bits per heavy atom. The molecule has 0 aromatic heterocycles. The first-order valence-corrected chi connectivity index (χ1v) is 6.23. The Kier molecular flexibility index (Phi) is 20.4. The molecule has 0 saturated carbocycles. The van der Waals surface area contributed by atoms with Crippen molar-refractivity contribution in [3.05, 3.63) is 26.0 Å². The van der Waals surface area contributed by atoms with E-state index in [0.717, 1.165) is 18.8 Å². The van der Waals surface area contributed by atoms with Crippen LogP contribution in [0.25, 0.3) is 0 Å². The monoisotopic (exact) mass is 278 g/mol. The van der Waals surface area contributed by atoms with Crippen molar-refractivity contribution in [3.63, 3.8) is 0 Å². The maximum Gasteiger partial charge on any atom is 3.00 e. The fourth-order valence-electron chi connectivity index (χ4n) is 1.13. The van der Waals surface area contributed by atoms with Crippen LogP contribution < -0.4 is 0 Å². The second-order valence-corrected chi connectivity index (χ2v) is 2.39. The van der Waals surface area contributed by atoms with E-state index in [-0.39, 0.29) is 40.1 Å². The number of hydrogen-bond acceptors (Lipinski definition) is 0. The summed E-state index contributed by atoms with van der Waals surface area (Å²) in [7, 11) is 4.67. The molecule has 0 spiro atoms.